The molecule has 0 saturated carbocycles. The summed E-state index contributed by atoms with van der Waals surface area (Å²) in [4.78, 5) is 56.4. The van der Waals surface area contributed by atoms with Crippen molar-refractivity contribution in [3.8, 4) is 0 Å². The maximum atomic E-state index is 15.2. The van der Waals surface area contributed by atoms with E-state index in [0.717, 1.165) is 10.3 Å². The number of aliphatic hydroxyl groups excluding tert-OH is 2. The summed E-state index contributed by atoms with van der Waals surface area (Å²) in [5, 5.41) is 35.0. The highest BCUT2D eigenvalue weighted by Gasteiger charge is 2.53. The molecule has 3 rings (SSSR count). The zero-order valence-electron chi connectivity index (χ0n) is 28.9. The minimum absolute atomic E-state index is 0.00892. The van der Waals surface area contributed by atoms with E-state index in [0.29, 0.717) is 29.4 Å². The molecule has 266 valence electrons. The van der Waals surface area contributed by atoms with Crippen molar-refractivity contribution in [3.63, 3.8) is 0 Å². The van der Waals surface area contributed by atoms with Gasteiger partial charge in [0.2, 0.25) is 5.91 Å². The molecule has 0 saturated heterocycles. The van der Waals surface area contributed by atoms with E-state index in [2.05, 4.69) is 5.32 Å². The third-order valence-corrected chi connectivity index (χ3v) is 8.74. The minimum Gasteiger partial charge on any atom is -0.481 e. The van der Waals surface area contributed by atoms with Gasteiger partial charge in [-0.25, -0.2) is 9.69 Å². The first-order valence-corrected chi connectivity index (χ1v) is 17.0. The van der Waals surface area contributed by atoms with Gasteiger partial charge in [0, 0.05) is 6.61 Å². The molecule has 6 N–H and O–H groups in total. The molecule has 3 aromatic carbocycles. The summed E-state index contributed by atoms with van der Waals surface area (Å²) < 4.78 is 5.75. The standard InChI is InChI=1S/C38H51N3O8/c1-5-6-20-38(31-18-12-16-28-15-10-11-17-30(28)31,41(34(44)26(4)39)37(48)49-24-27-13-8-7-9-14-27)36(47)40-32(22-25(2)3)33(43)23-29(19-21-42)35(45)46/h7-18,25-26,29,32-33,42-43H,5-6,19-24,39H2,1-4H3,(H,40,47)(H,45,46)/t26-,29?,32-,33-,38+/m0/s1. The number of carboxylic acid groups (broad SMARTS) is 1. The van der Waals surface area contributed by atoms with Gasteiger partial charge in [-0.3, -0.25) is 14.4 Å². The molecule has 5 atom stereocenters. The van der Waals surface area contributed by atoms with Gasteiger partial charge in [-0.15, -0.1) is 0 Å². The fraction of sp³-hybridized carbons (Fsp3) is 0.474. The first-order chi connectivity index (χ1) is 23.4. The van der Waals surface area contributed by atoms with Gasteiger partial charge in [-0.2, -0.15) is 0 Å². The lowest BCUT2D eigenvalue weighted by Gasteiger charge is -2.43. The monoisotopic (exact) mass is 677 g/mol. The number of hydrogen-bond acceptors (Lipinski definition) is 8. The van der Waals surface area contributed by atoms with Gasteiger partial charge in [0.05, 0.1) is 24.1 Å². The molecule has 0 aliphatic rings. The number of aliphatic hydroxyl groups is 2. The zero-order valence-corrected chi connectivity index (χ0v) is 28.9. The molecule has 0 bridgehead atoms. The van der Waals surface area contributed by atoms with Crippen molar-refractivity contribution < 1.29 is 39.2 Å². The van der Waals surface area contributed by atoms with E-state index in [1.54, 1.807) is 42.5 Å². The molecule has 0 heterocycles. The molecule has 1 unspecified atom stereocenters. The first-order valence-electron chi connectivity index (χ1n) is 17.0. The molecule has 0 aromatic heterocycles. The number of carbonyl (C=O) groups excluding carboxylic acids is 3. The molecule has 0 radical (unpaired) electrons. The zero-order chi connectivity index (χ0) is 36.1. The molecule has 0 aliphatic heterocycles. The Labute approximate surface area is 288 Å². The normalized spacial score (nSPS) is 15.1. The average Bonchev–Trinajstić information content (AvgIpc) is 3.08. The van der Waals surface area contributed by atoms with E-state index in [-0.39, 0.29) is 44.8 Å². The molecule has 3 amide bonds. The number of rotatable bonds is 18. The topological polar surface area (TPSA) is 179 Å². The van der Waals surface area contributed by atoms with Crippen molar-refractivity contribution in [2.24, 2.45) is 17.6 Å². The molecule has 0 aliphatic carbocycles. The summed E-state index contributed by atoms with van der Waals surface area (Å²) in [5.41, 5.74) is 5.25. The highest BCUT2D eigenvalue weighted by Crippen LogP contribution is 2.40. The third-order valence-electron chi connectivity index (χ3n) is 8.74. The predicted octanol–water partition coefficient (Wildman–Crippen LogP) is 5.10. The van der Waals surface area contributed by atoms with Crippen LogP contribution in [0, 0.1) is 11.8 Å². The number of carbonyl (C=O) groups is 4. The van der Waals surface area contributed by atoms with Crippen LogP contribution >= 0.6 is 0 Å². The number of imide groups is 1. The number of hydrogen-bond donors (Lipinski definition) is 5. The molecular formula is C38H51N3O8. The highest BCUT2D eigenvalue weighted by molar-refractivity contribution is 6.05. The van der Waals surface area contributed by atoms with Crippen LogP contribution in [-0.2, 0) is 31.3 Å². The van der Waals surface area contributed by atoms with E-state index in [1.165, 1.54) is 6.92 Å². The van der Waals surface area contributed by atoms with E-state index in [1.807, 2.05) is 51.1 Å². The van der Waals surface area contributed by atoms with Crippen LogP contribution in [-0.4, -0.2) is 68.9 Å². The van der Waals surface area contributed by atoms with E-state index < -0.39 is 53.5 Å². The maximum absolute atomic E-state index is 15.2. The van der Waals surface area contributed by atoms with Gasteiger partial charge in [-0.05, 0) is 60.4 Å². The Morgan fingerprint density at radius 3 is 2.20 bits per heavy atom. The van der Waals surface area contributed by atoms with Gasteiger partial charge >= 0.3 is 12.1 Å². The maximum Gasteiger partial charge on any atom is 0.418 e. The lowest BCUT2D eigenvalue weighted by atomic mass is 9.78. The number of amides is 3. The van der Waals surface area contributed by atoms with Crippen LogP contribution in [0.1, 0.15) is 77.3 Å². The quantitative estimate of drug-likeness (QED) is 0.122. The molecule has 11 heteroatoms. The number of aliphatic carboxylic acids is 1. The summed E-state index contributed by atoms with van der Waals surface area (Å²) in [6.45, 7) is 6.61. The summed E-state index contributed by atoms with van der Waals surface area (Å²) in [5.74, 6) is -3.83. The summed E-state index contributed by atoms with van der Waals surface area (Å²) in [6.07, 6.45) is -1.38. The van der Waals surface area contributed by atoms with E-state index in [4.69, 9.17) is 10.5 Å². The molecule has 3 aromatic rings. The van der Waals surface area contributed by atoms with Crippen LogP contribution in [0.15, 0.2) is 72.8 Å². The number of unbranched alkanes of at least 4 members (excludes halogenated alkanes) is 1. The van der Waals surface area contributed by atoms with Crippen LogP contribution < -0.4 is 11.1 Å². The number of nitrogens with two attached hydrogens (primary N) is 1. The lowest BCUT2D eigenvalue weighted by molar-refractivity contribution is -0.149. The Balaban J connectivity index is 2.27. The van der Waals surface area contributed by atoms with Crippen molar-refractivity contribution in [3.05, 3.63) is 83.9 Å². The van der Waals surface area contributed by atoms with Crippen molar-refractivity contribution in [1.82, 2.24) is 10.2 Å². The molecular weight excluding hydrogens is 626 g/mol. The lowest BCUT2D eigenvalue weighted by Crippen LogP contribution is -2.64. The Bertz CT molecular complexity index is 1540. The fourth-order valence-corrected chi connectivity index (χ4v) is 6.21. The van der Waals surface area contributed by atoms with E-state index >= 15 is 4.79 Å². The largest absolute Gasteiger partial charge is 0.481 e. The Kier molecular flexibility index (Phi) is 14.7. The van der Waals surface area contributed by atoms with Crippen LogP contribution in [0.3, 0.4) is 0 Å². The Morgan fingerprint density at radius 1 is 0.939 bits per heavy atom. The number of fused-ring (bicyclic) bond motifs is 1. The molecule has 0 spiro atoms. The second-order valence-electron chi connectivity index (χ2n) is 13.1. The highest BCUT2D eigenvalue weighted by atomic mass is 16.6. The predicted molar refractivity (Wildman–Crippen MR) is 187 cm³/mol. The Morgan fingerprint density at radius 2 is 1.59 bits per heavy atom. The summed E-state index contributed by atoms with van der Waals surface area (Å²) >= 11 is 0. The van der Waals surface area contributed by atoms with Gasteiger partial charge in [0.15, 0.2) is 5.54 Å². The minimum atomic E-state index is -1.98. The van der Waals surface area contributed by atoms with Crippen molar-refractivity contribution in [2.45, 2.75) is 96.6 Å². The first kappa shape index (κ1) is 39.1. The van der Waals surface area contributed by atoms with Crippen LogP contribution in [0.25, 0.3) is 10.8 Å². The number of carboxylic acids is 1. The van der Waals surface area contributed by atoms with Gasteiger partial charge < -0.3 is 31.1 Å². The number of nitrogens with one attached hydrogen (secondary N) is 1. The van der Waals surface area contributed by atoms with Crippen molar-refractivity contribution in [1.29, 1.82) is 0 Å². The number of ether oxygens (including phenoxy) is 1. The third kappa shape index (κ3) is 9.87. The molecule has 11 nitrogen and oxygen atoms in total. The molecule has 49 heavy (non-hydrogen) atoms. The summed E-state index contributed by atoms with van der Waals surface area (Å²) in [6, 6.07) is 19.4. The number of nitrogens with zero attached hydrogens (tertiary/aromatic N) is 1. The second-order valence-corrected chi connectivity index (χ2v) is 13.1. The smallest absolute Gasteiger partial charge is 0.418 e. The number of benzene rings is 3. The van der Waals surface area contributed by atoms with Crippen LogP contribution in [0.4, 0.5) is 4.79 Å². The van der Waals surface area contributed by atoms with Crippen molar-refractivity contribution >= 4 is 34.6 Å². The van der Waals surface area contributed by atoms with E-state index in [9.17, 15) is 29.7 Å². The fourth-order valence-electron chi connectivity index (χ4n) is 6.21. The van der Waals surface area contributed by atoms with Crippen LogP contribution in [0.5, 0.6) is 0 Å². The van der Waals surface area contributed by atoms with Gasteiger partial charge in [0.1, 0.15) is 6.61 Å². The Hall–Kier alpha value is -4.32. The SMILES string of the molecule is CCCC[C@](C(=O)N[C@@H](CC(C)C)[C@@H](O)CC(CCO)C(=O)O)(c1cccc2ccccc12)N(C(=O)OCc1ccccc1)C(=O)[C@H](C)N. The van der Waals surface area contributed by atoms with Gasteiger partial charge in [-0.1, -0.05) is 106 Å². The van der Waals surface area contributed by atoms with Gasteiger partial charge in [0.25, 0.3) is 5.91 Å². The average molecular weight is 678 g/mol. The van der Waals surface area contributed by atoms with Crippen LogP contribution in [0.2, 0.25) is 0 Å². The summed E-state index contributed by atoms with van der Waals surface area (Å²) in [7, 11) is 0. The van der Waals surface area contributed by atoms with Crippen molar-refractivity contribution in [2.75, 3.05) is 6.61 Å². The molecule has 0 fully saturated rings. The second kappa shape index (κ2) is 18.4.